The summed E-state index contributed by atoms with van der Waals surface area (Å²) in [4.78, 5) is 29.2. The summed E-state index contributed by atoms with van der Waals surface area (Å²) in [5.74, 6) is 0.577. The highest BCUT2D eigenvalue weighted by atomic mass is 16.7. The molecule has 2 aromatic rings. The second-order valence-corrected chi connectivity index (χ2v) is 7.62. The number of fused-ring (bicyclic) bond motifs is 2. The van der Waals surface area contributed by atoms with Gasteiger partial charge < -0.3 is 30.6 Å². The van der Waals surface area contributed by atoms with E-state index in [0.29, 0.717) is 40.7 Å². The summed E-state index contributed by atoms with van der Waals surface area (Å²) in [5.41, 5.74) is 9.28. The van der Waals surface area contributed by atoms with E-state index in [1.54, 1.807) is 54.4 Å². The highest BCUT2D eigenvalue weighted by Crippen LogP contribution is 2.38. The predicted octanol–water partition coefficient (Wildman–Crippen LogP) is 2.58. The van der Waals surface area contributed by atoms with E-state index in [-0.39, 0.29) is 25.2 Å². The Morgan fingerprint density at radius 3 is 2.65 bits per heavy atom. The zero-order valence-corrected chi connectivity index (χ0v) is 18.3. The van der Waals surface area contributed by atoms with Crippen molar-refractivity contribution in [2.24, 2.45) is 21.7 Å². The van der Waals surface area contributed by atoms with E-state index in [4.69, 9.17) is 19.9 Å². The summed E-state index contributed by atoms with van der Waals surface area (Å²) in [5, 5.41) is 11.4. The van der Waals surface area contributed by atoms with E-state index in [0.717, 1.165) is 5.56 Å². The lowest BCUT2D eigenvalue weighted by atomic mass is 9.93. The van der Waals surface area contributed by atoms with E-state index < -0.39 is 11.9 Å². The molecule has 4 N–H and O–H groups in total. The molecule has 174 valence electrons. The van der Waals surface area contributed by atoms with Gasteiger partial charge in [-0.2, -0.15) is 5.10 Å². The number of esters is 1. The number of anilines is 2. The molecule has 3 aliphatic rings. The molecule has 11 heteroatoms. The Bertz CT molecular complexity index is 1240. The number of hydrogen-bond acceptors (Lipinski definition) is 9. The minimum atomic E-state index is -0.563. The van der Waals surface area contributed by atoms with Crippen LogP contribution in [0.5, 0.6) is 11.5 Å². The number of amides is 2. The molecule has 1 unspecified atom stereocenters. The first kappa shape index (κ1) is 21.3. The van der Waals surface area contributed by atoms with Gasteiger partial charge in [-0.25, -0.2) is 9.79 Å². The Morgan fingerprint density at radius 2 is 1.85 bits per heavy atom. The summed E-state index contributed by atoms with van der Waals surface area (Å²) in [6.07, 6.45) is 1.36. The fourth-order valence-corrected chi connectivity index (χ4v) is 4.02. The van der Waals surface area contributed by atoms with Gasteiger partial charge in [-0.3, -0.25) is 9.80 Å². The lowest BCUT2D eigenvalue weighted by Crippen LogP contribution is -2.29. The summed E-state index contributed by atoms with van der Waals surface area (Å²) >= 11 is 0. The van der Waals surface area contributed by atoms with Crippen molar-refractivity contribution < 1.29 is 23.8 Å². The van der Waals surface area contributed by atoms with Crippen LogP contribution >= 0.6 is 0 Å². The average Bonchev–Trinajstić information content (AvgIpc) is 3.45. The normalized spacial score (nSPS) is 17.9. The van der Waals surface area contributed by atoms with Crippen molar-refractivity contribution in [1.82, 2.24) is 5.01 Å². The summed E-state index contributed by atoms with van der Waals surface area (Å²) < 4.78 is 15.9. The first-order valence-corrected chi connectivity index (χ1v) is 10.7. The predicted molar refractivity (Wildman–Crippen MR) is 126 cm³/mol. The molecule has 0 bridgehead atoms. The van der Waals surface area contributed by atoms with E-state index in [2.05, 4.69) is 20.7 Å². The van der Waals surface area contributed by atoms with Gasteiger partial charge in [0.1, 0.15) is 18.0 Å². The van der Waals surface area contributed by atoms with Gasteiger partial charge in [0.05, 0.1) is 13.2 Å². The van der Waals surface area contributed by atoms with E-state index in [1.807, 2.05) is 0 Å². The molecule has 0 fully saturated rings. The van der Waals surface area contributed by atoms with Crippen LogP contribution in [-0.2, 0) is 9.53 Å². The monoisotopic (exact) mass is 462 g/mol. The number of rotatable bonds is 5. The maximum atomic E-state index is 12.6. The molecule has 1 atom stereocenters. The van der Waals surface area contributed by atoms with Crippen LogP contribution in [0.25, 0.3) is 5.57 Å². The average molecular weight is 462 g/mol. The van der Waals surface area contributed by atoms with Crippen LogP contribution in [0.3, 0.4) is 0 Å². The minimum absolute atomic E-state index is 0.161. The van der Waals surface area contributed by atoms with Gasteiger partial charge >= 0.3 is 12.0 Å². The third-order valence-corrected chi connectivity index (χ3v) is 5.50. The highest BCUT2D eigenvalue weighted by Gasteiger charge is 2.40. The number of urea groups is 1. The van der Waals surface area contributed by atoms with E-state index in [9.17, 15) is 9.59 Å². The Kier molecular flexibility index (Phi) is 5.50. The van der Waals surface area contributed by atoms with Crippen LogP contribution in [0.15, 0.2) is 58.3 Å². The number of nitrogens with one attached hydrogen (secondary N) is 2. The standard InChI is InChI=1S/C23H22N6O5/c1-2-32-22(30)16-10-29-20(21(24)25-11-26-29)19(16)13-3-5-14(6-4-13)27-23(31)28-15-7-8-17-18(9-15)34-12-33-17/h3-9,11,16H,2,10,12H2,1H3,(H2,24,25,26)(H2,27,28,31). The lowest BCUT2D eigenvalue weighted by Gasteiger charge is -2.18. The zero-order valence-electron chi connectivity index (χ0n) is 18.3. The molecular weight excluding hydrogens is 440 g/mol. The molecule has 0 radical (unpaired) electrons. The van der Waals surface area contributed by atoms with E-state index >= 15 is 0 Å². The van der Waals surface area contributed by atoms with Crippen LogP contribution in [-0.4, -0.2) is 49.1 Å². The highest BCUT2D eigenvalue weighted by molar-refractivity contribution is 6.11. The number of carbonyl (C=O) groups is 2. The smallest absolute Gasteiger partial charge is 0.323 e. The Labute approximate surface area is 194 Å². The summed E-state index contributed by atoms with van der Waals surface area (Å²) in [7, 11) is 0. The number of nitrogens with zero attached hydrogens (tertiary/aromatic N) is 3. The van der Waals surface area contributed by atoms with Gasteiger partial charge in [0.25, 0.3) is 0 Å². The topological polar surface area (TPSA) is 140 Å². The molecule has 0 saturated carbocycles. The molecule has 34 heavy (non-hydrogen) atoms. The largest absolute Gasteiger partial charge is 0.465 e. The van der Waals surface area contributed by atoms with Gasteiger partial charge in [-0.1, -0.05) is 12.1 Å². The van der Waals surface area contributed by atoms with Gasteiger partial charge in [0.2, 0.25) is 6.79 Å². The van der Waals surface area contributed by atoms with Crippen molar-refractivity contribution in [2.45, 2.75) is 6.92 Å². The first-order valence-electron chi connectivity index (χ1n) is 10.7. The van der Waals surface area contributed by atoms with E-state index in [1.165, 1.54) is 6.34 Å². The molecule has 5 rings (SSSR count). The maximum absolute atomic E-state index is 12.6. The van der Waals surface area contributed by atoms with Gasteiger partial charge in [-0.05, 0) is 36.8 Å². The van der Waals surface area contributed by atoms with Crippen molar-refractivity contribution in [3.8, 4) is 11.5 Å². The number of ether oxygens (including phenoxy) is 3. The van der Waals surface area contributed by atoms with Crippen LogP contribution in [0.2, 0.25) is 0 Å². The summed E-state index contributed by atoms with van der Waals surface area (Å²) in [6.45, 7) is 2.50. The minimum Gasteiger partial charge on any atom is -0.465 e. The summed E-state index contributed by atoms with van der Waals surface area (Å²) in [6, 6.07) is 11.8. The molecular formula is C23H22N6O5. The fraction of sp³-hybridized carbons (Fsp3) is 0.217. The van der Waals surface area contributed by atoms with Crippen molar-refractivity contribution in [1.29, 1.82) is 0 Å². The Hall–Kier alpha value is -4.54. The van der Waals surface area contributed by atoms with Crippen molar-refractivity contribution >= 4 is 41.1 Å². The first-order chi connectivity index (χ1) is 16.5. The molecule has 0 spiro atoms. The van der Waals surface area contributed by atoms with Crippen molar-refractivity contribution in [3.63, 3.8) is 0 Å². The number of hydrazone groups is 1. The number of aliphatic imine (C=N–C) groups is 1. The Morgan fingerprint density at radius 1 is 1.12 bits per heavy atom. The lowest BCUT2D eigenvalue weighted by molar-refractivity contribution is -0.145. The Balaban J connectivity index is 1.33. The van der Waals surface area contributed by atoms with Gasteiger partial charge in [-0.15, -0.1) is 0 Å². The van der Waals surface area contributed by atoms with Gasteiger partial charge in [0, 0.05) is 23.0 Å². The van der Waals surface area contributed by atoms with Crippen molar-refractivity contribution in [2.75, 3.05) is 30.6 Å². The van der Waals surface area contributed by atoms with Crippen molar-refractivity contribution in [3.05, 3.63) is 53.7 Å². The van der Waals surface area contributed by atoms with Crippen LogP contribution < -0.4 is 25.8 Å². The third-order valence-electron chi connectivity index (χ3n) is 5.50. The molecule has 0 aliphatic carbocycles. The SMILES string of the molecule is CCOC(=O)C1CN2N=CN=C(N)C2=C1c1ccc(NC(=O)Nc2ccc3c(c2)OCO3)cc1. The fourth-order valence-electron chi connectivity index (χ4n) is 4.02. The molecule has 11 nitrogen and oxygen atoms in total. The van der Waals surface area contributed by atoms with Crippen LogP contribution in [0.4, 0.5) is 16.2 Å². The zero-order chi connectivity index (χ0) is 23.7. The van der Waals surface area contributed by atoms with Gasteiger partial charge in [0.15, 0.2) is 17.3 Å². The molecule has 2 amide bonds. The molecule has 3 heterocycles. The number of benzene rings is 2. The maximum Gasteiger partial charge on any atom is 0.323 e. The third kappa shape index (κ3) is 3.98. The number of hydrogen-bond donors (Lipinski definition) is 3. The second-order valence-electron chi connectivity index (χ2n) is 7.62. The number of amidine groups is 1. The molecule has 2 aromatic carbocycles. The quantitative estimate of drug-likeness (QED) is 0.580. The second kappa shape index (κ2) is 8.77. The molecule has 0 saturated heterocycles. The number of carbonyl (C=O) groups excluding carboxylic acids is 2. The molecule has 0 aromatic heterocycles. The number of nitrogens with two attached hydrogens (primary N) is 1. The molecule has 3 aliphatic heterocycles. The van der Waals surface area contributed by atoms with Crippen LogP contribution in [0, 0.1) is 5.92 Å². The van der Waals surface area contributed by atoms with Crippen LogP contribution in [0.1, 0.15) is 12.5 Å².